The van der Waals surface area contributed by atoms with E-state index in [0.29, 0.717) is 25.9 Å². The van der Waals surface area contributed by atoms with Crippen LogP contribution in [0.3, 0.4) is 0 Å². The molecule has 1 atom stereocenters. The van der Waals surface area contributed by atoms with Crippen LogP contribution in [-0.4, -0.2) is 42.9 Å². The molecule has 80 valence electrons. The van der Waals surface area contributed by atoms with E-state index in [4.69, 9.17) is 5.73 Å². The predicted molar refractivity (Wildman–Crippen MR) is 52.5 cm³/mol. The maximum Gasteiger partial charge on any atom is 0.222 e. The van der Waals surface area contributed by atoms with E-state index in [0.717, 1.165) is 6.42 Å². The third-order valence-corrected chi connectivity index (χ3v) is 2.42. The maximum absolute atomic E-state index is 11.4. The lowest BCUT2D eigenvalue weighted by Crippen LogP contribution is -2.47. The molecule has 0 spiro atoms. The van der Waals surface area contributed by atoms with Crippen molar-refractivity contribution in [1.29, 1.82) is 0 Å². The number of rotatable bonds is 3. The Morgan fingerprint density at radius 2 is 2.43 bits per heavy atom. The summed E-state index contributed by atoms with van der Waals surface area (Å²) in [5, 5.41) is 2.52. The first-order chi connectivity index (χ1) is 6.63. The molecule has 1 aliphatic heterocycles. The van der Waals surface area contributed by atoms with Crippen LogP contribution >= 0.6 is 0 Å². The zero-order valence-electron chi connectivity index (χ0n) is 8.45. The maximum atomic E-state index is 11.4. The smallest absolute Gasteiger partial charge is 0.222 e. The molecule has 0 saturated carbocycles. The molecule has 0 radical (unpaired) electrons. The van der Waals surface area contributed by atoms with Gasteiger partial charge in [0.25, 0.3) is 0 Å². The van der Waals surface area contributed by atoms with Gasteiger partial charge in [-0.05, 0) is 6.42 Å². The first-order valence-electron chi connectivity index (χ1n) is 4.87. The number of likely N-dealkylation sites (tertiary alicyclic amines) is 1. The minimum atomic E-state index is -0.0445. The molecule has 1 fully saturated rings. The van der Waals surface area contributed by atoms with Crippen LogP contribution in [0.25, 0.3) is 0 Å². The lowest BCUT2D eigenvalue weighted by Gasteiger charge is -2.30. The number of carbonyl (C=O) groups excluding carboxylic acids is 2. The van der Waals surface area contributed by atoms with Crippen molar-refractivity contribution < 1.29 is 9.59 Å². The van der Waals surface area contributed by atoms with E-state index in [1.165, 1.54) is 0 Å². The summed E-state index contributed by atoms with van der Waals surface area (Å²) in [5.74, 6) is 0.0625. The van der Waals surface area contributed by atoms with Crippen molar-refractivity contribution in [2.24, 2.45) is 5.73 Å². The van der Waals surface area contributed by atoms with E-state index in [2.05, 4.69) is 5.32 Å². The molecule has 0 aromatic carbocycles. The molecule has 2 amide bonds. The van der Waals surface area contributed by atoms with E-state index in [9.17, 15) is 9.59 Å². The van der Waals surface area contributed by atoms with Crippen molar-refractivity contribution in [3.63, 3.8) is 0 Å². The van der Waals surface area contributed by atoms with Crippen molar-refractivity contribution in [2.75, 3.05) is 20.1 Å². The highest BCUT2D eigenvalue weighted by atomic mass is 16.2. The van der Waals surface area contributed by atoms with Crippen LogP contribution in [0.5, 0.6) is 0 Å². The van der Waals surface area contributed by atoms with Crippen molar-refractivity contribution in [1.82, 2.24) is 10.2 Å². The van der Waals surface area contributed by atoms with Gasteiger partial charge in [-0.15, -0.1) is 0 Å². The Bertz CT molecular complexity index is 230. The number of amides is 2. The van der Waals surface area contributed by atoms with E-state index in [1.54, 1.807) is 11.9 Å². The Hall–Kier alpha value is -1.10. The molecule has 5 heteroatoms. The number of nitrogens with zero attached hydrogens (tertiary/aromatic N) is 1. The van der Waals surface area contributed by atoms with Gasteiger partial charge in [0.2, 0.25) is 11.8 Å². The van der Waals surface area contributed by atoms with Gasteiger partial charge in [0.15, 0.2) is 0 Å². The molecule has 1 unspecified atom stereocenters. The zero-order valence-corrected chi connectivity index (χ0v) is 8.45. The van der Waals surface area contributed by atoms with E-state index in [-0.39, 0.29) is 17.9 Å². The van der Waals surface area contributed by atoms with Crippen LogP contribution in [0.1, 0.15) is 19.3 Å². The number of hydrogen-bond donors (Lipinski definition) is 2. The normalized spacial score (nSPS) is 22.3. The summed E-state index contributed by atoms with van der Waals surface area (Å²) in [4.78, 5) is 24.0. The van der Waals surface area contributed by atoms with Crippen LogP contribution in [0, 0.1) is 0 Å². The van der Waals surface area contributed by atoms with Gasteiger partial charge < -0.3 is 16.0 Å². The molecule has 0 aliphatic carbocycles. The lowest BCUT2D eigenvalue weighted by molar-refractivity contribution is -0.134. The van der Waals surface area contributed by atoms with Crippen LogP contribution in [0.15, 0.2) is 0 Å². The summed E-state index contributed by atoms with van der Waals surface area (Å²) in [6, 6.07) is 0.0670. The third kappa shape index (κ3) is 2.99. The second kappa shape index (κ2) is 4.95. The van der Waals surface area contributed by atoms with Crippen LogP contribution in [0.4, 0.5) is 0 Å². The molecular formula is C9H17N3O2. The summed E-state index contributed by atoms with van der Waals surface area (Å²) < 4.78 is 0. The highest BCUT2D eigenvalue weighted by molar-refractivity contribution is 5.79. The Morgan fingerprint density at radius 1 is 1.71 bits per heavy atom. The summed E-state index contributed by atoms with van der Waals surface area (Å²) in [6.07, 6.45) is 1.62. The van der Waals surface area contributed by atoms with Crippen LogP contribution in [-0.2, 0) is 9.59 Å². The standard InChI is InChI=1S/C9H17N3O2/c1-11-8(13)4-5-12-6-7(10)2-3-9(12)14/h7H,2-6,10H2,1H3,(H,11,13). The number of carbonyl (C=O) groups is 2. The fraction of sp³-hybridized carbons (Fsp3) is 0.778. The fourth-order valence-electron chi connectivity index (χ4n) is 1.52. The molecule has 14 heavy (non-hydrogen) atoms. The lowest BCUT2D eigenvalue weighted by atomic mass is 10.1. The largest absolute Gasteiger partial charge is 0.359 e. The monoisotopic (exact) mass is 199 g/mol. The van der Waals surface area contributed by atoms with Gasteiger partial charge in [-0.2, -0.15) is 0 Å². The number of nitrogens with two attached hydrogens (primary N) is 1. The van der Waals surface area contributed by atoms with E-state index < -0.39 is 0 Å². The van der Waals surface area contributed by atoms with Gasteiger partial charge in [0, 0.05) is 39.0 Å². The van der Waals surface area contributed by atoms with Gasteiger partial charge in [-0.25, -0.2) is 0 Å². The Kier molecular flexibility index (Phi) is 3.88. The van der Waals surface area contributed by atoms with Crippen molar-refractivity contribution >= 4 is 11.8 Å². The Labute approximate surface area is 83.6 Å². The van der Waals surface area contributed by atoms with Gasteiger partial charge in [0.1, 0.15) is 0 Å². The molecule has 3 N–H and O–H groups in total. The van der Waals surface area contributed by atoms with Gasteiger partial charge in [0.05, 0.1) is 0 Å². The van der Waals surface area contributed by atoms with Crippen LogP contribution in [0.2, 0.25) is 0 Å². The average molecular weight is 199 g/mol. The Morgan fingerprint density at radius 3 is 3.07 bits per heavy atom. The molecule has 0 bridgehead atoms. The molecule has 1 saturated heterocycles. The molecule has 1 aliphatic rings. The van der Waals surface area contributed by atoms with Gasteiger partial charge >= 0.3 is 0 Å². The first-order valence-corrected chi connectivity index (χ1v) is 4.87. The topological polar surface area (TPSA) is 75.4 Å². The number of nitrogens with one attached hydrogen (secondary N) is 1. The summed E-state index contributed by atoms with van der Waals surface area (Å²) in [7, 11) is 1.59. The first kappa shape index (κ1) is 11.0. The highest BCUT2D eigenvalue weighted by Crippen LogP contribution is 2.09. The molecule has 0 aromatic heterocycles. The fourth-order valence-corrected chi connectivity index (χ4v) is 1.52. The second-order valence-electron chi connectivity index (χ2n) is 3.56. The molecule has 1 heterocycles. The zero-order chi connectivity index (χ0) is 10.6. The summed E-state index contributed by atoms with van der Waals surface area (Å²) in [5.41, 5.74) is 5.73. The number of piperidine rings is 1. The molecule has 0 aromatic rings. The van der Waals surface area contributed by atoms with E-state index in [1.807, 2.05) is 0 Å². The summed E-state index contributed by atoms with van der Waals surface area (Å²) in [6.45, 7) is 1.06. The molecule has 1 rings (SSSR count). The molecule has 5 nitrogen and oxygen atoms in total. The van der Waals surface area contributed by atoms with Crippen molar-refractivity contribution in [3.8, 4) is 0 Å². The minimum absolute atomic E-state index is 0.0445. The van der Waals surface area contributed by atoms with Crippen molar-refractivity contribution in [3.05, 3.63) is 0 Å². The summed E-state index contributed by atoms with van der Waals surface area (Å²) >= 11 is 0. The quantitative estimate of drug-likeness (QED) is 0.616. The van der Waals surface area contributed by atoms with E-state index >= 15 is 0 Å². The Balaban J connectivity index is 2.34. The molecular weight excluding hydrogens is 182 g/mol. The second-order valence-corrected chi connectivity index (χ2v) is 3.56. The van der Waals surface area contributed by atoms with Gasteiger partial charge in [-0.3, -0.25) is 9.59 Å². The highest BCUT2D eigenvalue weighted by Gasteiger charge is 2.23. The minimum Gasteiger partial charge on any atom is -0.359 e. The van der Waals surface area contributed by atoms with Gasteiger partial charge in [-0.1, -0.05) is 0 Å². The predicted octanol–water partition coefficient (Wildman–Crippen LogP) is -0.928. The SMILES string of the molecule is CNC(=O)CCN1CC(N)CCC1=O. The number of hydrogen-bond acceptors (Lipinski definition) is 3. The third-order valence-electron chi connectivity index (χ3n) is 2.42. The van der Waals surface area contributed by atoms with Crippen molar-refractivity contribution in [2.45, 2.75) is 25.3 Å². The average Bonchev–Trinajstić information content (AvgIpc) is 2.19. The van der Waals surface area contributed by atoms with Crippen LogP contribution < -0.4 is 11.1 Å².